The molecule has 182 valence electrons. The minimum atomic E-state index is -0.744. The number of pyridine rings is 1. The Morgan fingerprint density at radius 3 is 2.56 bits per heavy atom. The number of benzene rings is 1. The van der Waals surface area contributed by atoms with Gasteiger partial charge in [-0.05, 0) is 41.9 Å². The number of carbonyl (C=O) groups excluding carboxylic acids is 1. The molecule has 0 radical (unpaired) electrons. The first-order valence-electron chi connectivity index (χ1n) is 9.96. The highest BCUT2D eigenvalue weighted by atomic mass is 79.9. The predicted molar refractivity (Wildman–Crippen MR) is 128 cm³/mol. The molecule has 0 fully saturated rings. The maximum Gasteiger partial charge on any atom is 0.266 e. The van der Waals surface area contributed by atoms with Crippen molar-refractivity contribution in [1.29, 1.82) is 0 Å². The number of ether oxygens (including phenoxy) is 1. The van der Waals surface area contributed by atoms with Crippen molar-refractivity contribution in [3.8, 4) is 5.75 Å². The van der Waals surface area contributed by atoms with Crippen LogP contribution in [0.1, 0.15) is 35.1 Å². The molecule has 8 nitrogen and oxygen atoms in total. The highest BCUT2D eigenvalue weighted by molar-refractivity contribution is 9.10. The van der Waals surface area contributed by atoms with Crippen molar-refractivity contribution in [3.63, 3.8) is 0 Å². The van der Waals surface area contributed by atoms with Crippen molar-refractivity contribution < 1.29 is 18.3 Å². The van der Waals surface area contributed by atoms with Gasteiger partial charge in [-0.15, -0.1) is 12.4 Å². The van der Waals surface area contributed by atoms with Gasteiger partial charge >= 0.3 is 0 Å². The van der Waals surface area contributed by atoms with Crippen LogP contribution in [0.15, 0.2) is 39.9 Å². The van der Waals surface area contributed by atoms with Crippen LogP contribution < -0.4 is 21.3 Å². The van der Waals surface area contributed by atoms with E-state index in [-0.39, 0.29) is 53.7 Å². The van der Waals surface area contributed by atoms with Crippen LogP contribution >= 0.6 is 28.3 Å². The van der Waals surface area contributed by atoms with Crippen molar-refractivity contribution in [2.24, 2.45) is 5.73 Å². The summed E-state index contributed by atoms with van der Waals surface area (Å²) in [5.41, 5.74) is 7.55. The average molecular weight is 559 g/mol. The molecule has 3 rings (SSSR count). The van der Waals surface area contributed by atoms with E-state index in [2.05, 4.69) is 36.2 Å². The molecule has 0 saturated heterocycles. The standard InChI is InChI=1S/C22H22BrF2N5O3.ClH/c1-11(26)21(31)29-9-16-8-27-15(7-28-16)6-17-12(2)30-22(32)19(23)20(17)33-10-13-3-4-14(24)5-18(13)25;/h3-5,7-8,11H,6,9-10,26H2,1-2H3,(H,29,31)(H,30,32);1H/t11-;/m1./s1. The Hall–Kier alpha value is -2.89. The van der Waals surface area contributed by atoms with E-state index in [9.17, 15) is 18.4 Å². The van der Waals surface area contributed by atoms with Gasteiger partial charge in [0.15, 0.2) is 0 Å². The van der Waals surface area contributed by atoms with Crippen LogP contribution in [0, 0.1) is 18.6 Å². The van der Waals surface area contributed by atoms with Crippen LogP contribution in [0.25, 0.3) is 0 Å². The van der Waals surface area contributed by atoms with Crippen LogP contribution in [-0.4, -0.2) is 26.9 Å². The molecule has 4 N–H and O–H groups in total. The SMILES string of the molecule is Cc1[nH]c(=O)c(Br)c(OCc2ccc(F)cc2F)c1Cc1cnc(CNC(=O)[C@@H](C)N)cn1.Cl. The van der Waals surface area contributed by atoms with E-state index in [1.807, 2.05) is 0 Å². The van der Waals surface area contributed by atoms with Gasteiger partial charge in [-0.1, -0.05) is 0 Å². The van der Waals surface area contributed by atoms with Crippen LogP contribution in [0.4, 0.5) is 8.78 Å². The number of carbonyl (C=O) groups is 1. The number of nitrogens with one attached hydrogen (secondary N) is 2. The lowest BCUT2D eigenvalue weighted by Crippen LogP contribution is -2.38. The zero-order valence-electron chi connectivity index (χ0n) is 18.3. The molecule has 0 saturated carbocycles. The third kappa shape index (κ3) is 6.81. The Bertz CT molecular complexity index is 1220. The molecule has 1 atom stereocenters. The van der Waals surface area contributed by atoms with E-state index < -0.39 is 23.2 Å². The molecule has 2 heterocycles. The number of halogens is 4. The fourth-order valence-corrected chi connectivity index (χ4v) is 3.40. The number of aromatic amines is 1. The fraction of sp³-hybridized carbons (Fsp3) is 0.273. The number of aryl methyl sites for hydroxylation is 1. The average Bonchev–Trinajstić information content (AvgIpc) is 2.77. The van der Waals surface area contributed by atoms with Gasteiger partial charge in [0.1, 0.15) is 28.5 Å². The quantitative estimate of drug-likeness (QED) is 0.391. The van der Waals surface area contributed by atoms with Crippen molar-refractivity contribution in [3.05, 3.63) is 85.3 Å². The number of nitrogens with zero attached hydrogens (tertiary/aromatic N) is 2. The van der Waals surface area contributed by atoms with Crippen LogP contribution in [0.5, 0.6) is 5.75 Å². The van der Waals surface area contributed by atoms with Gasteiger partial charge in [-0.2, -0.15) is 0 Å². The topological polar surface area (TPSA) is 123 Å². The second-order valence-corrected chi connectivity index (χ2v) is 8.20. The monoisotopic (exact) mass is 557 g/mol. The maximum atomic E-state index is 14.0. The smallest absolute Gasteiger partial charge is 0.266 e. The molecule has 0 bridgehead atoms. The lowest BCUT2D eigenvalue weighted by atomic mass is 10.1. The van der Waals surface area contributed by atoms with Gasteiger partial charge in [0.2, 0.25) is 5.91 Å². The molecule has 12 heteroatoms. The Morgan fingerprint density at radius 2 is 1.94 bits per heavy atom. The van der Waals surface area contributed by atoms with Gasteiger partial charge < -0.3 is 20.8 Å². The maximum absolute atomic E-state index is 14.0. The molecule has 3 aromatic rings. The molecule has 0 spiro atoms. The van der Waals surface area contributed by atoms with Gasteiger partial charge in [-0.3, -0.25) is 19.6 Å². The molecule has 1 amide bonds. The summed E-state index contributed by atoms with van der Waals surface area (Å²) < 4.78 is 33.1. The molecule has 0 aliphatic rings. The second kappa shape index (κ2) is 12.0. The summed E-state index contributed by atoms with van der Waals surface area (Å²) in [7, 11) is 0. The third-order valence-corrected chi connectivity index (χ3v) is 5.51. The van der Waals surface area contributed by atoms with Crippen LogP contribution in [0.3, 0.4) is 0 Å². The number of amides is 1. The van der Waals surface area contributed by atoms with E-state index >= 15 is 0 Å². The molecule has 0 aliphatic carbocycles. The highest BCUT2D eigenvalue weighted by Gasteiger charge is 2.18. The first-order chi connectivity index (χ1) is 15.7. The zero-order chi connectivity index (χ0) is 24.1. The lowest BCUT2D eigenvalue weighted by Gasteiger charge is -2.16. The summed E-state index contributed by atoms with van der Waals surface area (Å²) in [5, 5.41) is 2.65. The summed E-state index contributed by atoms with van der Waals surface area (Å²) in [6.45, 7) is 3.28. The first kappa shape index (κ1) is 27.4. The van der Waals surface area contributed by atoms with Crippen molar-refractivity contribution >= 4 is 34.2 Å². The van der Waals surface area contributed by atoms with Gasteiger partial charge in [-0.25, -0.2) is 8.78 Å². The minimum Gasteiger partial charge on any atom is -0.487 e. The zero-order valence-corrected chi connectivity index (χ0v) is 20.7. The Morgan fingerprint density at radius 1 is 1.26 bits per heavy atom. The van der Waals surface area contributed by atoms with E-state index in [1.54, 1.807) is 20.0 Å². The van der Waals surface area contributed by atoms with Crippen molar-refractivity contribution in [1.82, 2.24) is 20.3 Å². The van der Waals surface area contributed by atoms with E-state index in [0.717, 1.165) is 12.1 Å². The number of nitrogens with two attached hydrogens (primary N) is 1. The lowest BCUT2D eigenvalue weighted by molar-refractivity contribution is -0.122. The second-order valence-electron chi connectivity index (χ2n) is 7.41. The summed E-state index contributed by atoms with van der Waals surface area (Å²) in [4.78, 5) is 35.2. The van der Waals surface area contributed by atoms with E-state index in [1.165, 1.54) is 12.3 Å². The van der Waals surface area contributed by atoms with Crippen molar-refractivity contribution in [2.45, 2.75) is 39.5 Å². The van der Waals surface area contributed by atoms with Gasteiger partial charge in [0, 0.05) is 35.5 Å². The molecular formula is C22H23BrClF2N5O3. The first-order valence-corrected chi connectivity index (χ1v) is 10.8. The number of hydrogen-bond donors (Lipinski definition) is 3. The summed E-state index contributed by atoms with van der Waals surface area (Å²) >= 11 is 3.23. The molecular weight excluding hydrogens is 536 g/mol. The van der Waals surface area contributed by atoms with Gasteiger partial charge in [0.05, 0.1) is 30.2 Å². The predicted octanol–water partition coefficient (Wildman–Crippen LogP) is 3.07. The minimum absolute atomic E-state index is 0. The molecule has 1 aromatic carbocycles. The molecule has 0 aliphatic heterocycles. The normalized spacial score (nSPS) is 11.5. The largest absolute Gasteiger partial charge is 0.487 e. The highest BCUT2D eigenvalue weighted by Crippen LogP contribution is 2.30. The summed E-state index contributed by atoms with van der Waals surface area (Å²) in [6.07, 6.45) is 3.35. The van der Waals surface area contributed by atoms with Crippen LogP contribution in [0.2, 0.25) is 0 Å². The number of rotatable bonds is 8. The third-order valence-electron chi connectivity index (χ3n) is 4.79. The van der Waals surface area contributed by atoms with Crippen molar-refractivity contribution in [2.75, 3.05) is 0 Å². The number of H-pyrrole nitrogens is 1. The fourth-order valence-electron chi connectivity index (χ4n) is 2.94. The summed E-state index contributed by atoms with van der Waals surface area (Å²) in [6, 6.07) is 2.56. The Balaban J connectivity index is 0.00000408. The molecule has 34 heavy (non-hydrogen) atoms. The Kier molecular flexibility index (Phi) is 9.66. The van der Waals surface area contributed by atoms with E-state index in [0.29, 0.717) is 22.6 Å². The number of aromatic nitrogens is 3. The van der Waals surface area contributed by atoms with Crippen LogP contribution in [-0.2, 0) is 24.4 Å². The molecule has 0 unspecified atom stereocenters. The Labute approximate surface area is 208 Å². The van der Waals surface area contributed by atoms with Gasteiger partial charge in [0.25, 0.3) is 5.56 Å². The molecule has 2 aromatic heterocycles. The number of hydrogen-bond acceptors (Lipinski definition) is 6. The summed E-state index contributed by atoms with van der Waals surface area (Å²) in [5.74, 6) is -1.50. The van der Waals surface area contributed by atoms with E-state index in [4.69, 9.17) is 10.5 Å².